The number of hydrogen-bond acceptors (Lipinski definition) is 2. The number of nitrogens with two attached hydrogens (primary N) is 1. The van der Waals surface area contributed by atoms with Crippen LogP contribution in [0.3, 0.4) is 0 Å². The van der Waals surface area contributed by atoms with Crippen molar-refractivity contribution in [1.29, 1.82) is 0 Å². The summed E-state index contributed by atoms with van der Waals surface area (Å²) in [5.74, 6) is 0. The van der Waals surface area contributed by atoms with Crippen LogP contribution in [-0.2, 0) is 22.6 Å². The van der Waals surface area contributed by atoms with Crippen LogP contribution in [0.15, 0.2) is 35.4 Å². The lowest BCUT2D eigenvalue weighted by Crippen LogP contribution is -2.11. The Morgan fingerprint density at radius 3 is 2.19 bits per heavy atom. The van der Waals surface area contributed by atoms with Gasteiger partial charge in [-0.2, -0.15) is 13.2 Å². The van der Waals surface area contributed by atoms with E-state index in [4.69, 9.17) is 5.14 Å². The molecule has 0 fully saturated rings. The molecule has 114 valence electrons. The van der Waals surface area contributed by atoms with Crippen molar-refractivity contribution in [2.24, 2.45) is 5.14 Å². The van der Waals surface area contributed by atoms with E-state index in [1.165, 1.54) is 24.3 Å². The number of aromatic nitrogens is 1. The molecule has 2 rings (SSSR count). The van der Waals surface area contributed by atoms with Crippen LogP contribution in [0.25, 0.3) is 11.3 Å². The summed E-state index contributed by atoms with van der Waals surface area (Å²) < 4.78 is 60.9. The van der Waals surface area contributed by atoms with E-state index in [1.807, 2.05) is 0 Å². The second-order valence-corrected chi connectivity index (χ2v) is 6.04. The van der Waals surface area contributed by atoms with Crippen molar-refractivity contribution in [1.82, 2.24) is 4.98 Å². The minimum absolute atomic E-state index is 0.0908. The number of rotatable bonds is 3. The molecule has 0 bridgehead atoms. The first kappa shape index (κ1) is 15.6. The van der Waals surface area contributed by atoms with Crippen molar-refractivity contribution in [3.05, 3.63) is 41.6 Å². The summed E-state index contributed by atoms with van der Waals surface area (Å²) in [6.07, 6.45) is -3.31. The van der Waals surface area contributed by atoms with Crippen LogP contribution in [0, 0.1) is 0 Å². The molecule has 1 aromatic carbocycles. The van der Waals surface area contributed by atoms with Crippen molar-refractivity contribution in [2.75, 3.05) is 0 Å². The van der Waals surface area contributed by atoms with Gasteiger partial charge in [0.1, 0.15) is 0 Å². The largest absolute Gasteiger partial charge is 0.418 e. The highest BCUT2D eigenvalue weighted by molar-refractivity contribution is 7.89. The highest BCUT2D eigenvalue weighted by Crippen LogP contribution is 2.37. The highest BCUT2D eigenvalue weighted by Gasteiger charge is 2.35. The third kappa shape index (κ3) is 3.11. The monoisotopic (exact) mass is 318 g/mol. The van der Waals surface area contributed by atoms with Gasteiger partial charge in [-0.25, -0.2) is 13.6 Å². The smallest absolute Gasteiger partial charge is 0.360 e. The standard InChI is InChI=1S/C13H13F3N2O2S/c1-2-10-11(13(14,15)16)7-18-12(10)8-3-5-9(6-4-8)21(17,19)20/h3-7,18H,2H2,1H3,(H2,17,19,20). The average Bonchev–Trinajstić information content (AvgIpc) is 2.81. The van der Waals surface area contributed by atoms with Gasteiger partial charge in [-0.1, -0.05) is 19.1 Å². The molecule has 3 N–H and O–H groups in total. The molecule has 8 heteroatoms. The molecule has 0 unspecified atom stereocenters. The van der Waals surface area contributed by atoms with E-state index in [-0.39, 0.29) is 16.9 Å². The van der Waals surface area contributed by atoms with Crippen LogP contribution in [0.4, 0.5) is 13.2 Å². The van der Waals surface area contributed by atoms with Gasteiger partial charge in [0.2, 0.25) is 10.0 Å². The molecule has 2 aromatic rings. The SMILES string of the molecule is CCc1c(C(F)(F)F)c[nH]c1-c1ccc(S(N)(=O)=O)cc1. The number of benzene rings is 1. The Kier molecular flexibility index (Phi) is 3.85. The Morgan fingerprint density at radius 2 is 1.76 bits per heavy atom. The summed E-state index contributed by atoms with van der Waals surface area (Å²) in [4.78, 5) is 2.51. The van der Waals surface area contributed by atoms with Crippen molar-refractivity contribution >= 4 is 10.0 Å². The first-order chi connectivity index (χ1) is 9.64. The summed E-state index contributed by atoms with van der Waals surface area (Å²) in [7, 11) is -3.83. The Bertz CT molecular complexity index is 747. The zero-order chi connectivity index (χ0) is 15.8. The number of alkyl halides is 3. The van der Waals surface area contributed by atoms with Gasteiger partial charge in [0.15, 0.2) is 0 Å². The van der Waals surface area contributed by atoms with Crippen molar-refractivity contribution in [2.45, 2.75) is 24.4 Å². The second kappa shape index (κ2) is 5.19. The number of sulfonamides is 1. The van der Waals surface area contributed by atoms with E-state index < -0.39 is 21.8 Å². The summed E-state index contributed by atoms with van der Waals surface area (Å²) in [5.41, 5.74) is 0.224. The molecule has 1 aromatic heterocycles. The van der Waals surface area contributed by atoms with Gasteiger partial charge >= 0.3 is 6.18 Å². The third-order valence-corrected chi connectivity index (χ3v) is 4.05. The van der Waals surface area contributed by atoms with Gasteiger partial charge in [-0.15, -0.1) is 0 Å². The Labute approximate surface area is 119 Å². The van der Waals surface area contributed by atoms with Crippen LogP contribution < -0.4 is 5.14 Å². The predicted molar refractivity (Wildman–Crippen MR) is 72.0 cm³/mol. The topological polar surface area (TPSA) is 76.0 Å². The minimum Gasteiger partial charge on any atom is -0.360 e. The fourth-order valence-corrected chi connectivity index (χ4v) is 2.66. The lowest BCUT2D eigenvalue weighted by atomic mass is 10.0. The molecule has 0 spiro atoms. The van der Waals surface area contributed by atoms with Gasteiger partial charge in [0.25, 0.3) is 0 Å². The minimum atomic E-state index is -4.43. The van der Waals surface area contributed by atoms with Crippen molar-refractivity contribution in [3.8, 4) is 11.3 Å². The number of aromatic amines is 1. The van der Waals surface area contributed by atoms with Crippen molar-refractivity contribution in [3.63, 3.8) is 0 Å². The molecule has 0 aliphatic rings. The molecule has 21 heavy (non-hydrogen) atoms. The molecular formula is C13H13F3N2O2S. The van der Waals surface area contributed by atoms with E-state index >= 15 is 0 Å². The van der Waals surface area contributed by atoms with E-state index in [9.17, 15) is 21.6 Å². The number of H-pyrrole nitrogens is 1. The Balaban J connectivity index is 2.51. The molecule has 0 atom stereocenters. The maximum Gasteiger partial charge on any atom is 0.418 e. The maximum absolute atomic E-state index is 12.9. The van der Waals surface area contributed by atoms with Crippen LogP contribution in [-0.4, -0.2) is 13.4 Å². The molecule has 0 amide bonds. The molecule has 0 saturated carbocycles. The predicted octanol–water partition coefficient (Wildman–Crippen LogP) is 2.91. The van der Waals surface area contributed by atoms with Gasteiger partial charge in [0, 0.05) is 11.9 Å². The van der Waals surface area contributed by atoms with E-state index in [0.29, 0.717) is 11.3 Å². The first-order valence-corrected chi connectivity index (χ1v) is 7.60. The normalized spacial score (nSPS) is 12.6. The molecule has 4 nitrogen and oxygen atoms in total. The zero-order valence-corrected chi connectivity index (χ0v) is 11.8. The fraction of sp³-hybridized carbons (Fsp3) is 0.231. The van der Waals surface area contributed by atoms with Gasteiger partial charge in [-0.05, 0) is 29.7 Å². The van der Waals surface area contributed by atoms with Crippen LogP contribution in [0.2, 0.25) is 0 Å². The van der Waals surface area contributed by atoms with E-state index in [1.54, 1.807) is 6.92 Å². The van der Waals surface area contributed by atoms with Crippen LogP contribution in [0.5, 0.6) is 0 Å². The average molecular weight is 318 g/mol. The van der Waals surface area contributed by atoms with Crippen LogP contribution in [0.1, 0.15) is 18.1 Å². The molecule has 1 heterocycles. The molecule has 0 aliphatic heterocycles. The number of primary sulfonamides is 1. The lowest BCUT2D eigenvalue weighted by molar-refractivity contribution is -0.138. The molecule has 0 aliphatic carbocycles. The van der Waals surface area contributed by atoms with Gasteiger partial charge < -0.3 is 4.98 Å². The summed E-state index contributed by atoms with van der Waals surface area (Å²) >= 11 is 0. The van der Waals surface area contributed by atoms with Crippen molar-refractivity contribution < 1.29 is 21.6 Å². The van der Waals surface area contributed by atoms with Gasteiger partial charge in [0.05, 0.1) is 10.5 Å². The second-order valence-electron chi connectivity index (χ2n) is 4.48. The van der Waals surface area contributed by atoms with Gasteiger partial charge in [-0.3, -0.25) is 0 Å². The molecule has 0 saturated heterocycles. The Morgan fingerprint density at radius 1 is 1.19 bits per heavy atom. The molecular weight excluding hydrogens is 305 g/mol. The van der Waals surface area contributed by atoms with E-state index in [2.05, 4.69) is 4.98 Å². The fourth-order valence-electron chi connectivity index (χ4n) is 2.14. The maximum atomic E-state index is 12.9. The molecule has 0 radical (unpaired) electrons. The number of hydrogen-bond donors (Lipinski definition) is 2. The van der Waals surface area contributed by atoms with Crippen LogP contribution >= 0.6 is 0 Å². The lowest BCUT2D eigenvalue weighted by Gasteiger charge is -2.08. The zero-order valence-electron chi connectivity index (χ0n) is 11.0. The first-order valence-electron chi connectivity index (χ1n) is 6.05. The summed E-state index contributed by atoms with van der Waals surface area (Å²) in [6, 6.07) is 5.37. The summed E-state index contributed by atoms with van der Waals surface area (Å²) in [6.45, 7) is 1.63. The number of nitrogens with one attached hydrogen (secondary N) is 1. The summed E-state index contributed by atoms with van der Waals surface area (Å²) in [5, 5.41) is 4.98. The Hall–Kier alpha value is -1.80. The quantitative estimate of drug-likeness (QED) is 0.913. The van der Waals surface area contributed by atoms with E-state index in [0.717, 1.165) is 6.20 Å². The third-order valence-electron chi connectivity index (χ3n) is 3.12. The highest BCUT2D eigenvalue weighted by atomic mass is 32.2. The number of halogens is 3.